The average molecular weight is 377 g/mol. The van der Waals surface area contributed by atoms with E-state index in [1.165, 1.54) is 36.9 Å². The van der Waals surface area contributed by atoms with Gasteiger partial charge in [-0.05, 0) is 56.4 Å². The van der Waals surface area contributed by atoms with Crippen LogP contribution < -0.4 is 16.4 Å². The van der Waals surface area contributed by atoms with Crippen molar-refractivity contribution in [2.45, 2.75) is 38.3 Å². The van der Waals surface area contributed by atoms with Crippen molar-refractivity contribution in [3.63, 3.8) is 0 Å². The third-order valence-corrected chi connectivity index (χ3v) is 4.48. The zero-order valence-electron chi connectivity index (χ0n) is 14.8. The predicted molar refractivity (Wildman–Crippen MR) is 101 cm³/mol. The molecule has 0 amide bonds. The highest BCUT2D eigenvalue weighted by Crippen LogP contribution is 2.31. The number of allylic oxidation sites excluding steroid dienone is 1. The quantitative estimate of drug-likeness (QED) is 0.609. The Bertz CT molecular complexity index is 800. The lowest BCUT2D eigenvalue weighted by molar-refractivity contribution is -0.137. The Morgan fingerprint density at radius 1 is 1.04 bits per heavy atom. The van der Waals surface area contributed by atoms with E-state index in [0.29, 0.717) is 29.6 Å². The van der Waals surface area contributed by atoms with Gasteiger partial charge < -0.3 is 16.4 Å². The number of rotatable bonds is 6. The largest absolute Gasteiger partial charge is 0.416 e. The first kappa shape index (κ1) is 19.0. The van der Waals surface area contributed by atoms with Gasteiger partial charge in [0, 0.05) is 12.2 Å². The molecule has 0 bridgehead atoms. The molecule has 144 valence electrons. The molecule has 4 N–H and O–H groups in total. The number of nitrogen functional groups attached to an aromatic ring is 1. The summed E-state index contributed by atoms with van der Waals surface area (Å²) in [5.41, 5.74) is 7.64. The molecule has 27 heavy (non-hydrogen) atoms. The highest BCUT2D eigenvalue weighted by Gasteiger charge is 2.29. The molecule has 0 atom stereocenters. The van der Waals surface area contributed by atoms with Gasteiger partial charge >= 0.3 is 6.18 Å². The summed E-state index contributed by atoms with van der Waals surface area (Å²) in [6.45, 7) is 0.715. The second-order valence-corrected chi connectivity index (χ2v) is 6.47. The Labute approximate surface area is 155 Å². The number of nitrogens with two attached hydrogens (primary N) is 1. The van der Waals surface area contributed by atoms with Crippen LogP contribution in [-0.4, -0.2) is 16.5 Å². The fourth-order valence-electron chi connectivity index (χ4n) is 2.99. The second-order valence-electron chi connectivity index (χ2n) is 6.47. The third-order valence-electron chi connectivity index (χ3n) is 4.48. The molecule has 8 heteroatoms. The first-order valence-electron chi connectivity index (χ1n) is 8.90. The maximum absolute atomic E-state index is 12.6. The maximum Gasteiger partial charge on any atom is 0.416 e. The van der Waals surface area contributed by atoms with E-state index in [9.17, 15) is 13.2 Å². The van der Waals surface area contributed by atoms with Crippen molar-refractivity contribution in [1.82, 2.24) is 9.97 Å². The van der Waals surface area contributed by atoms with Crippen molar-refractivity contribution in [1.29, 1.82) is 0 Å². The summed E-state index contributed by atoms with van der Waals surface area (Å²) in [6, 6.07) is 4.70. The minimum atomic E-state index is -4.36. The molecular weight excluding hydrogens is 355 g/mol. The van der Waals surface area contributed by atoms with E-state index in [1.54, 1.807) is 0 Å². The molecule has 1 aliphatic carbocycles. The summed E-state index contributed by atoms with van der Waals surface area (Å²) in [4.78, 5) is 8.24. The predicted octanol–water partition coefficient (Wildman–Crippen LogP) is 5.12. The molecule has 1 aromatic heterocycles. The van der Waals surface area contributed by atoms with Crippen LogP contribution in [0.3, 0.4) is 0 Å². The smallest absolute Gasteiger partial charge is 0.393 e. The molecule has 0 spiro atoms. The Morgan fingerprint density at radius 3 is 2.44 bits per heavy atom. The minimum Gasteiger partial charge on any atom is -0.393 e. The van der Waals surface area contributed by atoms with Gasteiger partial charge in [0.05, 0.1) is 5.56 Å². The number of anilines is 4. The van der Waals surface area contributed by atoms with Crippen LogP contribution in [0.15, 0.2) is 42.2 Å². The summed E-state index contributed by atoms with van der Waals surface area (Å²) in [7, 11) is 0. The molecule has 1 aliphatic rings. The molecule has 3 rings (SSSR count). The van der Waals surface area contributed by atoms with Gasteiger partial charge in [-0.3, -0.25) is 0 Å². The van der Waals surface area contributed by atoms with Crippen molar-refractivity contribution in [2.24, 2.45) is 0 Å². The van der Waals surface area contributed by atoms with Gasteiger partial charge in [-0.25, -0.2) is 9.97 Å². The zero-order valence-corrected chi connectivity index (χ0v) is 14.8. The number of hydrogen-bond acceptors (Lipinski definition) is 5. The second kappa shape index (κ2) is 8.28. The van der Waals surface area contributed by atoms with Crippen molar-refractivity contribution in [3.8, 4) is 0 Å². The number of benzene rings is 1. The number of nitrogens with zero attached hydrogens (tertiary/aromatic N) is 2. The number of aromatic nitrogens is 2. The van der Waals surface area contributed by atoms with Crippen LogP contribution in [0.1, 0.15) is 37.7 Å². The van der Waals surface area contributed by atoms with Crippen LogP contribution in [0, 0.1) is 0 Å². The fraction of sp³-hybridized carbons (Fsp3) is 0.368. The van der Waals surface area contributed by atoms with Crippen LogP contribution in [0.25, 0.3) is 0 Å². The molecule has 0 radical (unpaired) electrons. The summed E-state index contributed by atoms with van der Waals surface area (Å²) in [5, 5.41) is 6.15. The van der Waals surface area contributed by atoms with Crippen molar-refractivity contribution < 1.29 is 13.2 Å². The van der Waals surface area contributed by atoms with Crippen molar-refractivity contribution >= 4 is 23.0 Å². The van der Waals surface area contributed by atoms with Crippen molar-refractivity contribution in [3.05, 3.63) is 47.8 Å². The van der Waals surface area contributed by atoms with Gasteiger partial charge in [0.15, 0.2) is 11.6 Å². The monoisotopic (exact) mass is 377 g/mol. The maximum atomic E-state index is 12.6. The van der Waals surface area contributed by atoms with Gasteiger partial charge in [-0.2, -0.15) is 13.2 Å². The molecule has 0 aliphatic heterocycles. The van der Waals surface area contributed by atoms with Crippen LogP contribution in [0.5, 0.6) is 0 Å². The van der Waals surface area contributed by atoms with Gasteiger partial charge in [0.25, 0.3) is 0 Å². The number of hydrogen-bond donors (Lipinski definition) is 3. The first-order chi connectivity index (χ1) is 12.9. The highest BCUT2D eigenvalue weighted by atomic mass is 19.4. The molecule has 0 unspecified atom stereocenters. The topological polar surface area (TPSA) is 75.9 Å². The lowest BCUT2D eigenvalue weighted by atomic mass is 9.97. The summed E-state index contributed by atoms with van der Waals surface area (Å²) < 4.78 is 37.9. The van der Waals surface area contributed by atoms with Crippen LogP contribution >= 0.6 is 0 Å². The van der Waals surface area contributed by atoms with Gasteiger partial charge in [0.1, 0.15) is 12.0 Å². The standard InChI is InChI=1S/C19H22F3N5/c20-19(21,22)14-6-8-15(9-7-14)27-18-16(23)17(25-12-26-18)24-11-10-13-4-2-1-3-5-13/h4,6-9,12H,1-3,5,10-11,23H2,(H2,24,25,26,27). The van der Waals surface area contributed by atoms with E-state index in [4.69, 9.17) is 5.73 Å². The van der Waals surface area contributed by atoms with Gasteiger partial charge in [-0.1, -0.05) is 11.6 Å². The Kier molecular flexibility index (Phi) is 5.83. The van der Waals surface area contributed by atoms with E-state index in [2.05, 4.69) is 26.7 Å². The fourth-order valence-corrected chi connectivity index (χ4v) is 2.99. The number of halogens is 3. The van der Waals surface area contributed by atoms with Crippen LogP contribution in [0.2, 0.25) is 0 Å². The van der Waals surface area contributed by atoms with E-state index < -0.39 is 11.7 Å². The van der Waals surface area contributed by atoms with Crippen LogP contribution in [0.4, 0.5) is 36.2 Å². The van der Waals surface area contributed by atoms with Gasteiger partial charge in [-0.15, -0.1) is 0 Å². The Balaban J connectivity index is 1.63. The molecule has 0 fully saturated rings. The van der Waals surface area contributed by atoms with Crippen molar-refractivity contribution in [2.75, 3.05) is 22.9 Å². The summed E-state index contributed by atoms with van der Waals surface area (Å²) >= 11 is 0. The third kappa shape index (κ3) is 5.12. The molecule has 0 saturated heterocycles. The van der Waals surface area contributed by atoms with E-state index in [-0.39, 0.29) is 0 Å². The average Bonchev–Trinajstić information content (AvgIpc) is 2.65. The molecule has 0 saturated carbocycles. The molecule has 1 heterocycles. The lowest BCUT2D eigenvalue weighted by Crippen LogP contribution is -2.10. The van der Waals surface area contributed by atoms with Crippen LogP contribution in [-0.2, 0) is 6.18 Å². The van der Waals surface area contributed by atoms with E-state index in [0.717, 1.165) is 31.4 Å². The molecule has 1 aromatic carbocycles. The molecule has 2 aromatic rings. The summed E-state index contributed by atoms with van der Waals surface area (Å²) in [5.74, 6) is 0.861. The zero-order chi connectivity index (χ0) is 19.3. The normalized spacial score (nSPS) is 14.6. The molecular formula is C19H22F3N5. The highest BCUT2D eigenvalue weighted by molar-refractivity contribution is 5.77. The number of nitrogens with one attached hydrogen (secondary N) is 2. The van der Waals surface area contributed by atoms with Gasteiger partial charge in [0.2, 0.25) is 0 Å². The number of alkyl halides is 3. The minimum absolute atomic E-state index is 0.329. The first-order valence-corrected chi connectivity index (χ1v) is 8.90. The Hall–Kier alpha value is -2.77. The van der Waals surface area contributed by atoms with E-state index in [1.807, 2.05) is 0 Å². The SMILES string of the molecule is Nc1c(NCCC2=CCCCC2)ncnc1Nc1ccc(C(F)(F)F)cc1. The Morgan fingerprint density at radius 2 is 1.78 bits per heavy atom. The lowest BCUT2D eigenvalue weighted by Gasteiger charge is -2.15. The summed E-state index contributed by atoms with van der Waals surface area (Å²) in [6.07, 6.45) is 5.02. The molecule has 5 nitrogen and oxygen atoms in total. The van der Waals surface area contributed by atoms with E-state index >= 15 is 0 Å².